The van der Waals surface area contributed by atoms with Crippen LogP contribution in [0.1, 0.15) is 20.6 Å². The lowest BCUT2D eigenvalue weighted by Gasteiger charge is -2.15. The number of hydrogen-bond acceptors (Lipinski definition) is 1. The van der Waals surface area contributed by atoms with Gasteiger partial charge in [0, 0.05) is 10.6 Å². The van der Waals surface area contributed by atoms with Crippen LogP contribution in [-0.2, 0) is 5.75 Å². The van der Waals surface area contributed by atoms with Crippen molar-refractivity contribution in [3.05, 3.63) is 77.4 Å². The fraction of sp³-hybridized carbons (Fsp3) is 0.111. The summed E-state index contributed by atoms with van der Waals surface area (Å²) in [6.45, 7) is 0. The van der Waals surface area contributed by atoms with Crippen molar-refractivity contribution >= 4 is 45.1 Å². The van der Waals surface area contributed by atoms with E-state index in [1.54, 1.807) is 0 Å². The normalized spacial score (nSPS) is 17.4. The van der Waals surface area contributed by atoms with Gasteiger partial charge in [-0.05, 0) is 33.5 Å². The van der Waals surface area contributed by atoms with Crippen molar-refractivity contribution in [3.63, 3.8) is 0 Å². The van der Waals surface area contributed by atoms with Gasteiger partial charge in [0.25, 0.3) is 0 Å². The number of halogens is 1. The highest BCUT2D eigenvalue weighted by molar-refractivity contribution is 14.1. The van der Waals surface area contributed by atoms with Gasteiger partial charge in [-0.25, -0.2) is 0 Å². The van der Waals surface area contributed by atoms with E-state index in [0.29, 0.717) is 3.92 Å². The number of fused-ring (bicyclic) bond motifs is 4. The fourth-order valence-corrected chi connectivity index (χ4v) is 5.38. The second kappa shape index (κ2) is 5.08. The molecule has 1 atom stereocenters. The predicted molar refractivity (Wildman–Crippen MR) is 95.8 cm³/mol. The van der Waals surface area contributed by atoms with Crippen LogP contribution in [0, 0.1) is 0 Å². The minimum Gasteiger partial charge on any atom is -0.121 e. The molecule has 0 radical (unpaired) electrons. The molecule has 2 heteroatoms. The summed E-state index contributed by atoms with van der Waals surface area (Å²) < 4.78 is 0.443. The molecule has 0 saturated heterocycles. The molecule has 1 unspecified atom stereocenters. The molecule has 0 aliphatic carbocycles. The summed E-state index contributed by atoms with van der Waals surface area (Å²) in [4.78, 5) is 1.42. The van der Waals surface area contributed by atoms with Crippen molar-refractivity contribution in [2.24, 2.45) is 0 Å². The quantitative estimate of drug-likeness (QED) is 0.338. The number of benzene rings is 3. The summed E-state index contributed by atoms with van der Waals surface area (Å²) in [6.07, 6.45) is 0. The topological polar surface area (TPSA) is 0 Å². The summed E-state index contributed by atoms with van der Waals surface area (Å²) >= 11 is 4.55. The zero-order chi connectivity index (χ0) is 13.5. The van der Waals surface area contributed by atoms with Crippen LogP contribution in [0.4, 0.5) is 0 Å². The van der Waals surface area contributed by atoms with Crippen molar-refractivity contribution in [3.8, 4) is 0 Å². The summed E-state index contributed by atoms with van der Waals surface area (Å²) in [5, 5.41) is 2.76. The van der Waals surface area contributed by atoms with Gasteiger partial charge in [0.05, 0.1) is 3.92 Å². The van der Waals surface area contributed by atoms with Crippen LogP contribution in [0.15, 0.2) is 65.6 Å². The van der Waals surface area contributed by atoms with Gasteiger partial charge in [-0.2, -0.15) is 0 Å². The minimum absolute atomic E-state index is 0.443. The van der Waals surface area contributed by atoms with Gasteiger partial charge < -0.3 is 0 Å². The van der Waals surface area contributed by atoms with Crippen molar-refractivity contribution in [2.75, 3.05) is 0 Å². The Labute approximate surface area is 136 Å². The lowest BCUT2D eigenvalue weighted by molar-refractivity contribution is 1.13. The molecule has 0 saturated carbocycles. The SMILES string of the molecule is IC1c2ccccc2SCc2c1ccc1ccccc21. The highest BCUT2D eigenvalue weighted by atomic mass is 127. The number of rotatable bonds is 0. The molecule has 4 rings (SSSR count). The van der Waals surface area contributed by atoms with Gasteiger partial charge in [0.15, 0.2) is 0 Å². The van der Waals surface area contributed by atoms with E-state index >= 15 is 0 Å². The number of hydrogen-bond donors (Lipinski definition) is 0. The Balaban J connectivity index is 1.99. The van der Waals surface area contributed by atoms with Crippen molar-refractivity contribution in [1.29, 1.82) is 0 Å². The Morgan fingerprint density at radius 2 is 1.65 bits per heavy atom. The molecule has 3 aromatic rings. The highest BCUT2D eigenvalue weighted by Crippen LogP contribution is 2.45. The van der Waals surface area contributed by atoms with Crippen molar-refractivity contribution in [2.45, 2.75) is 14.6 Å². The second-order valence-electron chi connectivity index (χ2n) is 5.04. The maximum atomic E-state index is 2.58. The highest BCUT2D eigenvalue weighted by Gasteiger charge is 2.22. The number of alkyl halides is 1. The van der Waals surface area contributed by atoms with Crippen LogP contribution < -0.4 is 0 Å². The average molecular weight is 388 g/mol. The molecule has 3 aromatic carbocycles. The van der Waals surface area contributed by atoms with Crippen LogP contribution in [0.25, 0.3) is 10.8 Å². The Morgan fingerprint density at radius 1 is 0.850 bits per heavy atom. The molecular weight excluding hydrogens is 375 g/mol. The summed E-state index contributed by atoms with van der Waals surface area (Å²) in [5.41, 5.74) is 4.43. The van der Waals surface area contributed by atoms with E-state index in [1.165, 1.54) is 32.4 Å². The summed E-state index contributed by atoms with van der Waals surface area (Å²) in [7, 11) is 0. The Bertz CT molecular complexity index is 794. The van der Waals surface area contributed by atoms with Crippen LogP contribution in [0.5, 0.6) is 0 Å². The molecule has 0 spiro atoms. The molecule has 20 heavy (non-hydrogen) atoms. The maximum absolute atomic E-state index is 2.58. The molecule has 1 heterocycles. The first kappa shape index (κ1) is 12.7. The Kier molecular flexibility index (Phi) is 3.23. The van der Waals surface area contributed by atoms with Gasteiger partial charge in [-0.1, -0.05) is 77.2 Å². The van der Waals surface area contributed by atoms with E-state index in [9.17, 15) is 0 Å². The van der Waals surface area contributed by atoms with E-state index in [-0.39, 0.29) is 0 Å². The lowest BCUT2D eigenvalue weighted by atomic mass is 9.95. The third-order valence-electron chi connectivity index (χ3n) is 3.91. The Hall–Kier alpha value is -1.00. The van der Waals surface area contributed by atoms with E-state index in [4.69, 9.17) is 0 Å². The van der Waals surface area contributed by atoms with Gasteiger partial charge in [0.1, 0.15) is 0 Å². The molecular formula is C18H13IS. The third kappa shape index (κ3) is 1.97. The first-order valence-corrected chi connectivity index (χ1v) is 8.94. The molecule has 1 aliphatic heterocycles. The van der Waals surface area contributed by atoms with Gasteiger partial charge in [-0.15, -0.1) is 11.8 Å². The zero-order valence-corrected chi connectivity index (χ0v) is 13.8. The number of thioether (sulfide) groups is 1. The van der Waals surface area contributed by atoms with Crippen LogP contribution in [0.2, 0.25) is 0 Å². The molecule has 0 nitrogen and oxygen atoms in total. The molecule has 0 bridgehead atoms. The molecule has 98 valence electrons. The van der Waals surface area contributed by atoms with Crippen LogP contribution in [0.3, 0.4) is 0 Å². The van der Waals surface area contributed by atoms with Gasteiger partial charge in [0.2, 0.25) is 0 Å². The predicted octanol–water partition coefficient (Wildman–Crippen LogP) is 5.97. The van der Waals surface area contributed by atoms with Gasteiger partial charge in [-0.3, -0.25) is 0 Å². The zero-order valence-electron chi connectivity index (χ0n) is 10.8. The first-order valence-electron chi connectivity index (χ1n) is 6.71. The van der Waals surface area contributed by atoms with Crippen molar-refractivity contribution < 1.29 is 0 Å². The molecule has 0 N–H and O–H groups in total. The molecule has 0 aromatic heterocycles. The Morgan fingerprint density at radius 3 is 2.60 bits per heavy atom. The molecule has 0 amide bonds. The van der Waals surface area contributed by atoms with Gasteiger partial charge >= 0.3 is 0 Å². The molecule has 1 aliphatic rings. The van der Waals surface area contributed by atoms with Crippen LogP contribution in [-0.4, -0.2) is 0 Å². The van der Waals surface area contributed by atoms with E-state index in [0.717, 1.165) is 5.75 Å². The lowest BCUT2D eigenvalue weighted by Crippen LogP contribution is -1.96. The van der Waals surface area contributed by atoms with Crippen LogP contribution >= 0.6 is 34.4 Å². The monoisotopic (exact) mass is 388 g/mol. The fourth-order valence-electron chi connectivity index (χ4n) is 2.89. The average Bonchev–Trinajstić information content (AvgIpc) is 2.65. The van der Waals surface area contributed by atoms with E-state index in [1.807, 2.05) is 11.8 Å². The summed E-state index contributed by atoms with van der Waals surface area (Å²) in [6, 6.07) is 22.1. The minimum atomic E-state index is 0.443. The van der Waals surface area contributed by atoms with E-state index in [2.05, 4.69) is 83.3 Å². The smallest absolute Gasteiger partial charge is 0.0622 e. The van der Waals surface area contributed by atoms with E-state index < -0.39 is 0 Å². The van der Waals surface area contributed by atoms with Crippen molar-refractivity contribution in [1.82, 2.24) is 0 Å². The largest absolute Gasteiger partial charge is 0.121 e. The maximum Gasteiger partial charge on any atom is 0.0622 e. The third-order valence-corrected chi connectivity index (χ3v) is 6.37. The molecule has 0 fully saturated rings. The standard InChI is InChI=1S/C18H13IS/c19-18-14-10-9-12-5-1-2-6-13(12)16(14)11-20-17-8-4-3-7-15(17)18/h1-10,18H,11H2. The summed E-state index contributed by atoms with van der Waals surface area (Å²) in [5.74, 6) is 1.06. The second-order valence-corrected chi connectivity index (χ2v) is 7.31. The first-order chi connectivity index (χ1) is 9.84.